The molecule has 0 fully saturated rings. The van der Waals surface area contributed by atoms with Crippen LogP contribution in [0.15, 0.2) is 30.5 Å². The molecule has 0 radical (unpaired) electrons. The Labute approximate surface area is 90.2 Å². The second kappa shape index (κ2) is 3.38. The molecule has 2 aromatic rings. The van der Waals surface area contributed by atoms with Gasteiger partial charge in [0.1, 0.15) is 0 Å². The van der Waals surface area contributed by atoms with Crippen molar-refractivity contribution in [3.05, 3.63) is 36.0 Å². The maximum absolute atomic E-state index is 10.1. The molecule has 2 nitrogen and oxygen atoms in total. The smallest absolute Gasteiger partial charge is 0.0861 e. The number of aryl methyl sites for hydroxylation is 1. The van der Waals surface area contributed by atoms with Crippen molar-refractivity contribution in [2.75, 3.05) is 0 Å². The third-order valence-electron chi connectivity index (χ3n) is 2.79. The van der Waals surface area contributed by atoms with Crippen LogP contribution < -0.4 is 0 Å². The molecule has 2 rings (SSSR count). The number of hydrogen-bond donors (Lipinski definition) is 1. The van der Waals surface area contributed by atoms with Crippen molar-refractivity contribution in [3.63, 3.8) is 0 Å². The summed E-state index contributed by atoms with van der Waals surface area (Å²) in [6, 6.07) is 8.20. The Kier molecular flexibility index (Phi) is 2.31. The van der Waals surface area contributed by atoms with Gasteiger partial charge in [-0.05, 0) is 26.8 Å². The molecule has 0 bridgehead atoms. The lowest BCUT2D eigenvalue weighted by atomic mass is 9.98. The van der Waals surface area contributed by atoms with Crippen molar-refractivity contribution in [2.24, 2.45) is 0 Å². The van der Waals surface area contributed by atoms with Crippen molar-refractivity contribution in [1.82, 2.24) is 4.57 Å². The van der Waals surface area contributed by atoms with Gasteiger partial charge < -0.3 is 9.67 Å². The largest absolute Gasteiger partial charge is 0.386 e. The van der Waals surface area contributed by atoms with Crippen LogP contribution in [0.1, 0.15) is 26.3 Å². The van der Waals surface area contributed by atoms with E-state index in [1.54, 1.807) is 0 Å². The maximum atomic E-state index is 10.1. The summed E-state index contributed by atoms with van der Waals surface area (Å²) in [5.41, 5.74) is 1.41. The monoisotopic (exact) mass is 203 g/mol. The average Bonchev–Trinajstić information content (AvgIpc) is 2.55. The lowest BCUT2D eigenvalue weighted by Gasteiger charge is -2.15. The van der Waals surface area contributed by atoms with E-state index in [0.717, 1.165) is 17.5 Å². The van der Waals surface area contributed by atoms with Gasteiger partial charge in [-0.3, -0.25) is 0 Å². The number of hydrogen-bond acceptors (Lipinski definition) is 1. The van der Waals surface area contributed by atoms with Crippen LogP contribution in [0.3, 0.4) is 0 Å². The van der Waals surface area contributed by atoms with Crippen molar-refractivity contribution in [3.8, 4) is 0 Å². The van der Waals surface area contributed by atoms with Gasteiger partial charge in [-0.25, -0.2) is 0 Å². The molecular formula is C13H17NO. The molecule has 0 amide bonds. The summed E-state index contributed by atoms with van der Waals surface area (Å²) in [6.07, 6.45) is 2.05. The zero-order valence-corrected chi connectivity index (χ0v) is 9.49. The van der Waals surface area contributed by atoms with Crippen LogP contribution in [0.25, 0.3) is 10.9 Å². The van der Waals surface area contributed by atoms with Crippen molar-refractivity contribution in [2.45, 2.75) is 32.9 Å². The maximum Gasteiger partial charge on any atom is 0.0861 e. The Balaban J connectivity index is 2.76. The van der Waals surface area contributed by atoms with Crippen LogP contribution in [0.5, 0.6) is 0 Å². The van der Waals surface area contributed by atoms with E-state index >= 15 is 0 Å². The first-order valence-corrected chi connectivity index (χ1v) is 5.34. The molecule has 15 heavy (non-hydrogen) atoms. The van der Waals surface area contributed by atoms with Gasteiger partial charge in [-0.1, -0.05) is 18.2 Å². The first-order chi connectivity index (χ1) is 7.04. The summed E-state index contributed by atoms with van der Waals surface area (Å²) in [6.45, 7) is 6.70. The second-order valence-electron chi connectivity index (χ2n) is 4.40. The van der Waals surface area contributed by atoms with Gasteiger partial charge in [0, 0.05) is 29.2 Å². The zero-order chi connectivity index (χ0) is 11.1. The molecule has 0 spiro atoms. The van der Waals surface area contributed by atoms with E-state index in [4.69, 9.17) is 0 Å². The minimum Gasteiger partial charge on any atom is -0.386 e. The quantitative estimate of drug-likeness (QED) is 0.797. The first kappa shape index (κ1) is 10.2. The standard InChI is InChI=1S/C13H17NO/c1-4-14-9-11(13(2,3)15)10-7-5-6-8-12(10)14/h5-9,15H,4H2,1-3H3. The van der Waals surface area contributed by atoms with Crippen LogP contribution in [0, 0.1) is 0 Å². The fraction of sp³-hybridized carbons (Fsp3) is 0.385. The number of aliphatic hydroxyl groups is 1. The van der Waals surface area contributed by atoms with E-state index in [1.165, 1.54) is 5.52 Å². The summed E-state index contributed by atoms with van der Waals surface area (Å²) in [4.78, 5) is 0. The first-order valence-electron chi connectivity index (χ1n) is 5.34. The lowest BCUT2D eigenvalue weighted by Crippen LogP contribution is -2.14. The molecule has 0 aliphatic carbocycles. The van der Waals surface area contributed by atoms with E-state index in [1.807, 2.05) is 32.2 Å². The normalized spacial score (nSPS) is 12.3. The van der Waals surface area contributed by atoms with Crippen LogP contribution >= 0.6 is 0 Å². The van der Waals surface area contributed by atoms with Gasteiger partial charge in [0.05, 0.1) is 5.60 Å². The molecule has 1 aromatic carbocycles. The molecule has 0 atom stereocenters. The highest BCUT2D eigenvalue weighted by molar-refractivity contribution is 5.84. The molecule has 1 heterocycles. The summed E-state index contributed by atoms with van der Waals surface area (Å²) in [7, 11) is 0. The predicted octanol–water partition coefficient (Wildman–Crippen LogP) is 2.89. The van der Waals surface area contributed by atoms with E-state index < -0.39 is 5.60 Å². The van der Waals surface area contributed by atoms with Crippen LogP contribution in [-0.2, 0) is 12.1 Å². The fourth-order valence-electron chi connectivity index (χ4n) is 2.00. The topological polar surface area (TPSA) is 25.2 Å². The molecule has 2 heteroatoms. The number of para-hydroxylation sites is 1. The van der Waals surface area contributed by atoms with Crippen molar-refractivity contribution >= 4 is 10.9 Å². The zero-order valence-electron chi connectivity index (χ0n) is 9.49. The van der Waals surface area contributed by atoms with Gasteiger partial charge in [0.15, 0.2) is 0 Å². The average molecular weight is 203 g/mol. The summed E-state index contributed by atoms with van der Waals surface area (Å²) in [5.74, 6) is 0. The van der Waals surface area contributed by atoms with Gasteiger partial charge in [-0.2, -0.15) is 0 Å². The summed E-state index contributed by atoms with van der Waals surface area (Å²) >= 11 is 0. The number of benzene rings is 1. The Morgan fingerprint density at radius 2 is 1.93 bits per heavy atom. The molecule has 0 saturated carbocycles. The van der Waals surface area contributed by atoms with E-state index in [-0.39, 0.29) is 0 Å². The number of fused-ring (bicyclic) bond motifs is 1. The minimum atomic E-state index is -0.778. The molecule has 0 saturated heterocycles. The number of rotatable bonds is 2. The Bertz CT molecular complexity index is 477. The molecular weight excluding hydrogens is 186 g/mol. The molecule has 1 aromatic heterocycles. The van der Waals surface area contributed by atoms with E-state index in [0.29, 0.717) is 0 Å². The van der Waals surface area contributed by atoms with Crippen LogP contribution in [0.2, 0.25) is 0 Å². The van der Waals surface area contributed by atoms with Crippen molar-refractivity contribution < 1.29 is 5.11 Å². The summed E-state index contributed by atoms with van der Waals surface area (Å²) < 4.78 is 2.17. The highest BCUT2D eigenvalue weighted by Crippen LogP contribution is 2.29. The SMILES string of the molecule is CCn1cc(C(C)(C)O)c2ccccc21. The van der Waals surface area contributed by atoms with Crippen LogP contribution in [0.4, 0.5) is 0 Å². The van der Waals surface area contributed by atoms with Gasteiger partial charge in [-0.15, -0.1) is 0 Å². The van der Waals surface area contributed by atoms with Gasteiger partial charge in [0.2, 0.25) is 0 Å². The molecule has 0 unspecified atom stereocenters. The second-order valence-corrected chi connectivity index (χ2v) is 4.40. The molecule has 80 valence electrons. The minimum absolute atomic E-state index is 0.778. The molecule has 0 aliphatic heterocycles. The van der Waals surface area contributed by atoms with E-state index in [9.17, 15) is 5.11 Å². The third kappa shape index (κ3) is 1.65. The molecule has 0 aliphatic rings. The van der Waals surface area contributed by atoms with Gasteiger partial charge in [0.25, 0.3) is 0 Å². The highest BCUT2D eigenvalue weighted by atomic mass is 16.3. The Morgan fingerprint density at radius 3 is 2.53 bits per heavy atom. The number of nitrogens with zero attached hydrogens (tertiary/aromatic N) is 1. The Hall–Kier alpha value is -1.28. The van der Waals surface area contributed by atoms with Crippen LogP contribution in [-0.4, -0.2) is 9.67 Å². The molecule has 1 N–H and O–H groups in total. The van der Waals surface area contributed by atoms with E-state index in [2.05, 4.69) is 23.6 Å². The third-order valence-corrected chi connectivity index (χ3v) is 2.79. The lowest BCUT2D eigenvalue weighted by molar-refractivity contribution is 0.0800. The van der Waals surface area contributed by atoms with Gasteiger partial charge >= 0.3 is 0 Å². The number of aromatic nitrogens is 1. The summed E-state index contributed by atoms with van der Waals surface area (Å²) in [5, 5.41) is 11.2. The Morgan fingerprint density at radius 1 is 1.27 bits per heavy atom. The predicted molar refractivity (Wildman–Crippen MR) is 62.9 cm³/mol. The fourth-order valence-corrected chi connectivity index (χ4v) is 2.00. The van der Waals surface area contributed by atoms with Crippen molar-refractivity contribution in [1.29, 1.82) is 0 Å². The highest BCUT2D eigenvalue weighted by Gasteiger charge is 2.21.